The minimum Gasteiger partial charge on any atom is -0.449 e. The second-order valence-corrected chi connectivity index (χ2v) is 5.57. The Kier molecular flexibility index (Phi) is 5.24. The average molecular weight is 333 g/mol. The standard InChI is InChI=1S/C17H17ClN2O3/c1-10-3-6-13(7-4-10)20-16(21)11(2)23-17(22)14-8-5-12(18)9-15(14)19/h3-9,11H,19H2,1-2H3,(H,20,21)/t11-/m0/s1. The molecule has 0 aliphatic rings. The van der Waals surface area contributed by atoms with Crippen molar-refractivity contribution in [2.45, 2.75) is 20.0 Å². The first-order chi connectivity index (χ1) is 10.9. The normalized spacial score (nSPS) is 11.6. The lowest BCUT2D eigenvalue weighted by atomic mass is 10.2. The predicted octanol–water partition coefficient (Wildman–Crippen LogP) is 3.41. The number of aryl methyl sites for hydroxylation is 1. The summed E-state index contributed by atoms with van der Waals surface area (Å²) in [7, 11) is 0. The summed E-state index contributed by atoms with van der Waals surface area (Å²) in [5.74, 6) is -1.10. The summed E-state index contributed by atoms with van der Waals surface area (Å²) in [5.41, 5.74) is 7.82. The number of ether oxygens (including phenoxy) is 1. The Hall–Kier alpha value is -2.53. The molecule has 0 unspecified atom stereocenters. The Labute approximate surface area is 139 Å². The van der Waals surface area contributed by atoms with Crippen molar-refractivity contribution >= 4 is 34.9 Å². The van der Waals surface area contributed by atoms with Crippen LogP contribution in [-0.4, -0.2) is 18.0 Å². The molecule has 120 valence electrons. The summed E-state index contributed by atoms with van der Waals surface area (Å²) in [6, 6.07) is 11.8. The van der Waals surface area contributed by atoms with E-state index in [1.165, 1.54) is 25.1 Å². The quantitative estimate of drug-likeness (QED) is 0.664. The minimum atomic E-state index is -0.959. The topological polar surface area (TPSA) is 81.4 Å². The summed E-state index contributed by atoms with van der Waals surface area (Å²) in [6.07, 6.45) is -0.959. The van der Waals surface area contributed by atoms with Gasteiger partial charge in [-0.1, -0.05) is 29.3 Å². The molecule has 0 spiro atoms. The van der Waals surface area contributed by atoms with E-state index in [-0.39, 0.29) is 11.3 Å². The molecule has 2 rings (SSSR count). The largest absolute Gasteiger partial charge is 0.449 e. The van der Waals surface area contributed by atoms with Crippen LogP contribution in [0.1, 0.15) is 22.8 Å². The number of nitrogen functional groups attached to an aromatic ring is 1. The maximum atomic E-state index is 12.1. The number of nitrogens with two attached hydrogens (primary N) is 1. The van der Waals surface area contributed by atoms with Gasteiger partial charge in [-0.3, -0.25) is 4.79 Å². The molecule has 0 fully saturated rings. The van der Waals surface area contributed by atoms with Gasteiger partial charge in [0.1, 0.15) is 0 Å². The Morgan fingerprint density at radius 3 is 2.43 bits per heavy atom. The zero-order valence-corrected chi connectivity index (χ0v) is 13.6. The van der Waals surface area contributed by atoms with Gasteiger partial charge >= 0.3 is 5.97 Å². The molecule has 0 saturated carbocycles. The fourth-order valence-corrected chi connectivity index (χ4v) is 2.06. The van der Waals surface area contributed by atoms with Crippen LogP contribution in [-0.2, 0) is 9.53 Å². The van der Waals surface area contributed by atoms with Gasteiger partial charge in [-0.2, -0.15) is 0 Å². The van der Waals surface area contributed by atoms with Gasteiger partial charge < -0.3 is 15.8 Å². The van der Waals surface area contributed by atoms with Gasteiger partial charge in [0.05, 0.1) is 5.56 Å². The highest BCUT2D eigenvalue weighted by Crippen LogP contribution is 2.19. The molecule has 6 heteroatoms. The van der Waals surface area contributed by atoms with Crippen molar-refractivity contribution in [1.29, 1.82) is 0 Å². The number of esters is 1. The molecule has 0 heterocycles. The maximum absolute atomic E-state index is 12.1. The molecule has 0 bridgehead atoms. The fraction of sp³-hybridized carbons (Fsp3) is 0.176. The molecule has 0 aliphatic heterocycles. The third-order valence-corrected chi connectivity index (χ3v) is 3.44. The molecule has 5 nitrogen and oxygen atoms in total. The highest BCUT2D eigenvalue weighted by molar-refractivity contribution is 6.31. The van der Waals surface area contributed by atoms with Crippen LogP contribution in [0.5, 0.6) is 0 Å². The number of hydrogen-bond donors (Lipinski definition) is 2. The molecule has 1 amide bonds. The van der Waals surface area contributed by atoms with Gasteiger partial charge in [0.25, 0.3) is 5.91 Å². The lowest BCUT2D eigenvalue weighted by molar-refractivity contribution is -0.123. The molecule has 2 aromatic carbocycles. The number of carbonyl (C=O) groups excluding carboxylic acids is 2. The molecule has 0 radical (unpaired) electrons. The highest BCUT2D eigenvalue weighted by atomic mass is 35.5. The third-order valence-electron chi connectivity index (χ3n) is 3.21. The van der Waals surface area contributed by atoms with E-state index in [2.05, 4.69) is 5.32 Å². The van der Waals surface area contributed by atoms with E-state index in [1.807, 2.05) is 19.1 Å². The van der Waals surface area contributed by atoms with E-state index in [9.17, 15) is 9.59 Å². The monoisotopic (exact) mass is 332 g/mol. The van der Waals surface area contributed by atoms with Crippen LogP contribution in [0.25, 0.3) is 0 Å². The first kappa shape index (κ1) is 16.8. The molecule has 3 N–H and O–H groups in total. The van der Waals surface area contributed by atoms with Crippen LogP contribution in [0, 0.1) is 6.92 Å². The molecule has 0 aromatic heterocycles. The molecular weight excluding hydrogens is 316 g/mol. The second kappa shape index (κ2) is 7.15. The first-order valence-electron chi connectivity index (χ1n) is 7.00. The van der Waals surface area contributed by atoms with Crippen LogP contribution < -0.4 is 11.1 Å². The summed E-state index contributed by atoms with van der Waals surface area (Å²) >= 11 is 5.78. The lowest BCUT2D eigenvalue weighted by Crippen LogP contribution is -2.30. The van der Waals surface area contributed by atoms with Crippen LogP contribution in [0.4, 0.5) is 11.4 Å². The number of halogens is 1. The number of carbonyl (C=O) groups is 2. The number of hydrogen-bond acceptors (Lipinski definition) is 4. The fourth-order valence-electron chi connectivity index (χ4n) is 1.88. The summed E-state index contributed by atoms with van der Waals surface area (Å²) < 4.78 is 5.14. The van der Waals surface area contributed by atoms with Gasteiger partial charge in [-0.25, -0.2) is 4.79 Å². The second-order valence-electron chi connectivity index (χ2n) is 5.13. The van der Waals surface area contributed by atoms with Crippen LogP contribution in [0.2, 0.25) is 5.02 Å². The number of anilines is 2. The van der Waals surface area contributed by atoms with Gasteiger partial charge in [0.15, 0.2) is 6.10 Å². The van der Waals surface area contributed by atoms with Crippen LogP contribution in [0.15, 0.2) is 42.5 Å². The van der Waals surface area contributed by atoms with Gasteiger partial charge in [-0.05, 0) is 44.2 Å². The molecule has 1 atom stereocenters. The van der Waals surface area contributed by atoms with E-state index in [0.717, 1.165) is 5.56 Å². The summed E-state index contributed by atoms with van der Waals surface area (Å²) in [4.78, 5) is 24.1. The number of nitrogens with one attached hydrogen (secondary N) is 1. The maximum Gasteiger partial charge on any atom is 0.341 e. The van der Waals surface area contributed by atoms with Crippen molar-refractivity contribution in [2.24, 2.45) is 0 Å². The van der Waals surface area contributed by atoms with Gasteiger partial charge in [0, 0.05) is 16.4 Å². The van der Waals surface area contributed by atoms with Crippen LogP contribution >= 0.6 is 11.6 Å². The molecule has 0 saturated heterocycles. The third kappa shape index (κ3) is 4.47. The van der Waals surface area contributed by atoms with E-state index in [1.54, 1.807) is 12.1 Å². The Morgan fingerprint density at radius 1 is 1.17 bits per heavy atom. The Bertz CT molecular complexity index is 729. The van der Waals surface area contributed by atoms with Crippen molar-refractivity contribution in [3.63, 3.8) is 0 Å². The van der Waals surface area contributed by atoms with Gasteiger partial charge in [0.2, 0.25) is 0 Å². The van der Waals surface area contributed by atoms with Crippen LogP contribution in [0.3, 0.4) is 0 Å². The SMILES string of the molecule is Cc1ccc(NC(=O)[C@H](C)OC(=O)c2ccc(Cl)cc2N)cc1. The Balaban J connectivity index is 2.00. The summed E-state index contributed by atoms with van der Waals surface area (Å²) in [6.45, 7) is 3.44. The number of amides is 1. The van der Waals surface area contributed by atoms with Crippen molar-refractivity contribution in [1.82, 2.24) is 0 Å². The highest BCUT2D eigenvalue weighted by Gasteiger charge is 2.20. The number of rotatable bonds is 4. The molecule has 23 heavy (non-hydrogen) atoms. The zero-order chi connectivity index (χ0) is 17.0. The van der Waals surface area contributed by atoms with Crippen molar-refractivity contribution in [3.8, 4) is 0 Å². The van der Waals surface area contributed by atoms with Crippen molar-refractivity contribution < 1.29 is 14.3 Å². The predicted molar refractivity (Wildman–Crippen MR) is 90.6 cm³/mol. The Morgan fingerprint density at radius 2 is 1.83 bits per heavy atom. The van der Waals surface area contributed by atoms with Gasteiger partial charge in [-0.15, -0.1) is 0 Å². The molecule has 2 aromatic rings. The number of benzene rings is 2. The zero-order valence-electron chi connectivity index (χ0n) is 12.8. The lowest BCUT2D eigenvalue weighted by Gasteiger charge is -2.14. The molecular formula is C17H17ClN2O3. The first-order valence-corrected chi connectivity index (χ1v) is 7.38. The summed E-state index contributed by atoms with van der Waals surface area (Å²) in [5, 5.41) is 3.10. The van der Waals surface area contributed by atoms with E-state index >= 15 is 0 Å². The minimum absolute atomic E-state index is 0.171. The van der Waals surface area contributed by atoms with E-state index in [4.69, 9.17) is 22.1 Å². The average Bonchev–Trinajstić information content (AvgIpc) is 2.49. The van der Waals surface area contributed by atoms with Crippen molar-refractivity contribution in [2.75, 3.05) is 11.1 Å². The smallest absolute Gasteiger partial charge is 0.341 e. The van der Waals surface area contributed by atoms with E-state index in [0.29, 0.717) is 10.7 Å². The van der Waals surface area contributed by atoms with E-state index < -0.39 is 18.0 Å². The molecule has 0 aliphatic carbocycles. The van der Waals surface area contributed by atoms with Crippen molar-refractivity contribution in [3.05, 3.63) is 58.6 Å².